The summed E-state index contributed by atoms with van der Waals surface area (Å²) in [6.07, 6.45) is 2.84. The molecule has 3 rings (SSSR count). The zero-order valence-corrected chi connectivity index (χ0v) is 13.4. The highest BCUT2D eigenvalue weighted by Gasteiger charge is 2.24. The fourth-order valence-electron chi connectivity index (χ4n) is 3.11. The number of likely N-dealkylation sites (N-methyl/N-ethyl adjacent to an activating group) is 1. The van der Waals surface area contributed by atoms with Gasteiger partial charge >= 0.3 is 0 Å². The second-order valence-corrected chi connectivity index (χ2v) is 6.06. The van der Waals surface area contributed by atoms with E-state index in [1.54, 1.807) is 6.07 Å². The minimum atomic E-state index is -0.112. The number of nitrogens with two attached hydrogens (primary N) is 1. The highest BCUT2D eigenvalue weighted by molar-refractivity contribution is 5.34. The molecule has 0 amide bonds. The van der Waals surface area contributed by atoms with Gasteiger partial charge in [-0.15, -0.1) is 5.10 Å². The number of aromatic nitrogens is 3. The Balaban J connectivity index is 1.48. The molecule has 1 aliphatic heterocycles. The molecule has 2 aromatic rings. The van der Waals surface area contributed by atoms with E-state index in [2.05, 4.69) is 32.0 Å². The molecule has 7 heteroatoms. The number of H-pyrrole nitrogens is 1. The summed E-state index contributed by atoms with van der Waals surface area (Å²) in [7, 11) is 2.12. The number of nitrogens with one attached hydrogen (secondary N) is 1. The van der Waals surface area contributed by atoms with Crippen LogP contribution >= 0.6 is 0 Å². The molecular formula is C16H23FN6. The van der Waals surface area contributed by atoms with Gasteiger partial charge in [0.1, 0.15) is 5.82 Å². The first-order chi connectivity index (χ1) is 11.1. The maximum atomic E-state index is 13.7. The second kappa shape index (κ2) is 6.95. The molecule has 2 heterocycles. The first-order valence-corrected chi connectivity index (χ1v) is 8.00. The molecular weight excluding hydrogens is 295 g/mol. The summed E-state index contributed by atoms with van der Waals surface area (Å²) in [4.78, 5) is 8.67. The smallest absolute Gasteiger partial charge is 0.241 e. The van der Waals surface area contributed by atoms with Crippen LogP contribution in [0.25, 0.3) is 0 Å². The van der Waals surface area contributed by atoms with E-state index >= 15 is 0 Å². The van der Waals surface area contributed by atoms with E-state index in [0.717, 1.165) is 50.4 Å². The van der Waals surface area contributed by atoms with Crippen LogP contribution in [0.2, 0.25) is 0 Å². The molecule has 0 aliphatic carbocycles. The molecule has 23 heavy (non-hydrogen) atoms. The summed E-state index contributed by atoms with van der Waals surface area (Å²) in [6.45, 7) is 2.70. The van der Waals surface area contributed by atoms with Crippen molar-refractivity contribution >= 4 is 11.9 Å². The van der Waals surface area contributed by atoms with Crippen LogP contribution in [0.5, 0.6) is 0 Å². The number of rotatable bonds is 5. The van der Waals surface area contributed by atoms with Gasteiger partial charge in [0, 0.05) is 25.7 Å². The average Bonchev–Trinajstić information content (AvgIpc) is 3.00. The predicted molar refractivity (Wildman–Crippen MR) is 88.8 cm³/mol. The highest BCUT2D eigenvalue weighted by atomic mass is 19.1. The van der Waals surface area contributed by atoms with E-state index < -0.39 is 0 Å². The zero-order valence-electron chi connectivity index (χ0n) is 13.4. The van der Waals surface area contributed by atoms with Gasteiger partial charge < -0.3 is 15.5 Å². The zero-order chi connectivity index (χ0) is 16.2. The van der Waals surface area contributed by atoms with Gasteiger partial charge in [0.05, 0.1) is 0 Å². The predicted octanol–water partition coefficient (Wildman–Crippen LogP) is 1.67. The van der Waals surface area contributed by atoms with Crippen LogP contribution in [0, 0.1) is 5.82 Å². The lowest BCUT2D eigenvalue weighted by atomic mass is 10.0. The molecule has 6 nitrogen and oxygen atoms in total. The van der Waals surface area contributed by atoms with E-state index in [4.69, 9.17) is 5.73 Å². The summed E-state index contributed by atoms with van der Waals surface area (Å²) in [5.74, 6) is 0.915. The van der Waals surface area contributed by atoms with Crippen LogP contribution in [0.3, 0.4) is 0 Å². The molecule has 0 atom stereocenters. The van der Waals surface area contributed by atoms with Crippen molar-refractivity contribution in [2.24, 2.45) is 0 Å². The van der Waals surface area contributed by atoms with Crippen molar-refractivity contribution in [1.29, 1.82) is 0 Å². The Morgan fingerprint density at radius 3 is 2.74 bits per heavy atom. The van der Waals surface area contributed by atoms with E-state index in [1.165, 1.54) is 6.07 Å². The van der Waals surface area contributed by atoms with Gasteiger partial charge in [0.25, 0.3) is 0 Å². The standard InChI is InChI=1S/C16H23FN6/c1-22(9-6-12-4-2-3-5-14(12)17)13-7-10-23(11-8-13)16-19-15(18)20-21-16/h2-5,13H,6-11H2,1H3,(H3,18,19,20,21). The van der Waals surface area contributed by atoms with Crippen LogP contribution in [-0.4, -0.2) is 52.8 Å². The monoisotopic (exact) mass is 318 g/mol. The molecule has 1 aromatic heterocycles. The number of halogens is 1. The molecule has 1 fully saturated rings. The molecule has 3 N–H and O–H groups in total. The lowest BCUT2D eigenvalue weighted by Crippen LogP contribution is -2.44. The first kappa shape index (κ1) is 15.7. The number of aromatic amines is 1. The first-order valence-electron chi connectivity index (χ1n) is 8.00. The summed E-state index contributed by atoms with van der Waals surface area (Å²) in [6, 6.07) is 7.52. The number of nitrogens with zero attached hydrogens (tertiary/aromatic N) is 4. The molecule has 1 saturated heterocycles. The van der Waals surface area contributed by atoms with Gasteiger partial charge in [-0.1, -0.05) is 18.2 Å². The fraction of sp³-hybridized carbons (Fsp3) is 0.500. The van der Waals surface area contributed by atoms with Crippen molar-refractivity contribution in [3.63, 3.8) is 0 Å². The fourth-order valence-corrected chi connectivity index (χ4v) is 3.11. The normalized spacial score (nSPS) is 16.2. The number of hydrogen-bond donors (Lipinski definition) is 2. The average molecular weight is 318 g/mol. The Kier molecular flexibility index (Phi) is 4.76. The molecule has 0 saturated carbocycles. The lowest BCUT2D eigenvalue weighted by molar-refractivity contribution is 0.209. The van der Waals surface area contributed by atoms with E-state index in [-0.39, 0.29) is 11.8 Å². The molecule has 1 aliphatic rings. The number of hydrogen-bond acceptors (Lipinski definition) is 5. The van der Waals surface area contributed by atoms with Crippen molar-refractivity contribution < 1.29 is 4.39 Å². The number of nitrogen functional groups attached to an aromatic ring is 1. The van der Waals surface area contributed by atoms with Gasteiger partial charge in [0.15, 0.2) is 0 Å². The van der Waals surface area contributed by atoms with Crippen molar-refractivity contribution in [3.05, 3.63) is 35.6 Å². The second-order valence-electron chi connectivity index (χ2n) is 6.06. The third kappa shape index (κ3) is 3.79. The molecule has 1 aromatic carbocycles. The maximum absolute atomic E-state index is 13.7. The van der Waals surface area contributed by atoms with Crippen molar-refractivity contribution in [1.82, 2.24) is 20.1 Å². The number of benzene rings is 1. The van der Waals surface area contributed by atoms with E-state index in [1.807, 2.05) is 12.1 Å². The van der Waals surface area contributed by atoms with E-state index in [0.29, 0.717) is 6.04 Å². The topological polar surface area (TPSA) is 74.1 Å². The van der Waals surface area contributed by atoms with Crippen LogP contribution in [0.4, 0.5) is 16.3 Å². The summed E-state index contributed by atoms with van der Waals surface area (Å²) < 4.78 is 13.7. The highest BCUT2D eigenvalue weighted by Crippen LogP contribution is 2.20. The minimum Gasteiger partial charge on any atom is -0.366 e. The van der Waals surface area contributed by atoms with Crippen LogP contribution in [0.1, 0.15) is 18.4 Å². The van der Waals surface area contributed by atoms with Crippen LogP contribution in [0.15, 0.2) is 24.3 Å². The Hall–Kier alpha value is -2.15. The van der Waals surface area contributed by atoms with Gasteiger partial charge in [-0.05, 0) is 37.9 Å². The molecule has 124 valence electrons. The largest absolute Gasteiger partial charge is 0.366 e. The van der Waals surface area contributed by atoms with Crippen molar-refractivity contribution in [2.45, 2.75) is 25.3 Å². The van der Waals surface area contributed by atoms with Gasteiger partial charge in [-0.3, -0.25) is 0 Å². The molecule has 0 unspecified atom stereocenters. The SMILES string of the molecule is CN(CCc1ccccc1F)C1CCN(c2nc(N)n[nH]2)CC1. The van der Waals surface area contributed by atoms with Crippen LogP contribution < -0.4 is 10.6 Å². The van der Waals surface area contributed by atoms with Gasteiger partial charge in [-0.2, -0.15) is 4.98 Å². The van der Waals surface area contributed by atoms with Crippen molar-refractivity contribution in [3.8, 4) is 0 Å². The quantitative estimate of drug-likeness (QED) is 0.877. The molecule has 0 bridgehead atoms. The Morgan fingerprint density at radius 1 is 1.35 bits per heavy atom. The lowest BCUT2D eigenvalue weighted by Gasteiger charge is -2.36. The van der Waals surface area contributed by atoms with Gasteiger partial charge in [-0.25, -0.2) is 9.49 Å². The molecule has 0 radical (unpaired) electrons. The van der Waals surface area contributed by atoms with E-state index in [9.17, 15) is 4.39 Å². The Bertz CT molecular complexity index is 635. The maximum Gasteiger partial charge on any atom is 0.241 e. The van der Waals surface area contributed by atoms with Crippen LogP contribution in [-0.2, 0) is 6.42 Å². The number of piperidine rings is 1. The summed E-state index contributed by atoms with van der Waals surface area (Å²) in [5, 5.41) is 6.73. The Labute approximate surface area is 135 Å². The molecule has 0 spiro atoms. The summed E-state index contributed by atoms with van der Waals surface area (Å²) in [5.41, 5.74) is 6.33. The summed E-state index contributed by atoms with van der Waals surface area (Å²) >= 11 is 0. The Morgan fingerprint density at radius 2 is 2.09 bits per heavy atom. The number of anilines is 2. The van der Waals surface area contributed by atoms with Crippen molar-refractivity contribution in [2.75, 3.05) is 37.3 Å². The minimum absolute atomic E-state index is 0.112. The van der Waals surface area contributed by atoms with Gasteiger partial charge in [0.2, 0.25) is 11.9 Å². The third-order valence-corrected chi connectivity index (χ3v) is 4.57. The third-order valence-electron chi connectivity index (χ3n) is 4.57.